The van der Waals surface area contributed by atoms with Crippen molar-refractivity contribution < 1.29 is 23.5 Å². The van der Waals surface area contributed by atoms with Gasteiger partial charge in [-0.25, -0.2) is 9.18 Å². The fraction of sp³-hybridized carbons (Fsp3) is 0.312. The monoisotopic (exact) mass is 617 g/mol. The van der Waals surface area contributed by atoms with Crippen molar-refractivity contribution >= 4 is 45.3 Å². The van der Waals surface area contributed by atoms with Crippen LogP contribution in [0.4, 0.5) is 14.9 Å². The zero-order chi connectivity index (χ0) is 32.2. The molecular formula is C32H36FN7O5. The normalized spacial score (nSPS) is 13.1. The Hall–Kier alpha value is -5.33. The summed E-state index contributed by atoms with van der Waals surface area (Å²) in [6, 6.07) is 12.9. The van der Waals surface area contributed by atoms with Gasteiger partial charge in [-0.1, -0.05) is 24.3 Å². The van der Waals surface area contributed by atoms with Crippen molar-refractivity contribution in [3.05, 3.63) is 70.3 Å². The number of amides is 2. The molecule has 4 aromatic rings. The molecule has 0 spiro atoms. The van der Waals surface area contributed by atoms with E-state index in [1.807, 2.05) is 41.3 Å². The van der Waals surface area contributed by atoms with Crippen LogP contribution in [-0.4, -0.2) is 54.8 Å². The smallest absolute Gasteiger partial charge is 0.404 e. The van der Waals surface area contributed by atoms with Crippen LogP contribution in [0.2, 0.25) is 0 Å². The van der Waals surface area contributed by atoms with E-state index < -0.39 is 23.2 Å². The zero-order valence-electron chi connectivity index (χ0n) is 25.1. The van der Waals surface area contributed by atoms with Crippen LogP contribution in [0.25, 0.3) is 27.4 Å². The van der Waals surface area contributed by atoms with Crippen molar-refractivity contribution in [1.82, 2.24) is 9.88 Å². The van der Waals surface area contributed by atoms with E-state index in [0.717, 1.165) is 23.6 Å². The van der Waals surface area contributed by atoms with E-state index in [-0.39, 0.29) is 29.6 Å². The highest BCUT2D eigenvalue weighted by Gasteiger charge is 2.31. The van der Waals surface area contributed by atoms with Gasteiger partial charge in [0.2, 0.25) is 5.43 Å². The van der Waals surface area contributed by atoms with Gasteiger partial charge in [-0.05, 0) is 62.1 Å². The summed E-state index contributed by atoms with van der Waals surface area (Å²) in [5.41, 5.74) is 16.1. The molecule has 1 aromatic heterocycles. The Morgan fingerprint density at radius 2 is 1.78 bits per heavy atom. The minimum atomic E-state index is -0.713. The molecule has 236 valence electrons. The van der Waals surface area contributed by atoms with Gasteiger partial charge in [0.25, 0.3) is 5.91 Å². The van der Waals surface area contributed by atoms with Crippen molar-refractivity contribution in [2.75, 3.05) is 31.1 Å². The van der Waals surface area contributed by atoms with Gasteiger partial charge in [0, 0.05) is 32.4 Å². The third-order valence-corrected chi connectivity index (χ3v) is 7.40. The van der Waals surface area contributed by atoms with Crippen LogP contribution in [-0.2, 0) is 4.74 Å². The molecule has 3 heterocycles. The van der Waals surface area contributed by atoms with Crippen LogP contribution in [0.1, 0.15) is 43.5 Å². The first kappa shape index (κ1) is 31.1. The van der Waals surface area contributed by atoms with Gasteiger partial charge in [-0.2, -0.15) is 0 Å². The molecule has 0 unspecified atom stereocenters. The number of nitrogens with one attached hydrogen (secondary N) is 1. The number of hydrogen-bond donors (Lipinski definition) is 4. The lowest BCUT2D eigenvalue weighted by Crippen LogP contribution is -2.31. The Labute approximate surface area is 258 Å². The maximum absolute atomic E-state index is 15.7. The van der Waals surface area contributed by atoms with Crippen LogP contribution in [0, 0.1) is 5.82 Å². The third-order valence-electron chi connectivity index (χ3n) is 7.40. The number of nitrogens with zero attached hydrogens (tertiary/aromatic N) is 3. The number of fused-ring (bicyclic) bond motifs is 3. The molecule has 7 N–H and O–H groups in total. The molecule has 45 heavy (non-hydrogen) atoms. The predicted octanol–water partition coefficient (Wildman–Crippen LogP) is 3.87. The van der Waals surface area contributed by atoms with E-state index in [9.17, 15) is 14.4 Å². The summed E-state index contributed by atoms with van der Waals surface area (Å²) >= 11 is 0. The van der Waals surface area contributed by atoms with Crippen molar-refractivity contribution in [3.63, 3.8) is 0 Å². The average molecular weight is 618 g/mol. The van der Waals surface area contributed by atoms with E-state index in [2.05, 4.69) is 20.8 Å². The molecule has 0 atom stereocenters. The molecule has 1 saturated heterocycles. The number of carbonyl (C=O) groups excluding carboxylic acids is 2. The molecule has 2 amide bonds. The van der Waals surface area contributed by atoms with Gasteiger partial charge < -0.3 is 41.5 Å². The summed E-state index contributed by atoms with van der Waals surface area (Å²) in [7, 11) is 0. The Balaban J connectivity index is 0.000000515. The number of aliphatic imine (C=N–C) groups is 1. The molecule has 13 heteroatoms. The van der Waals surface area contributed by atoms with Crippen LogP contribution in [0.5, 0.6) is 11.5 Å². The predicted molar refractivity (Wildman–Crippen MR) is 172 cm³/mol. The Morgan fingerprint density at radius 3 is 2.40 bits per heavy atom. The highest BCUT2D eigenvalue weighted by Crippen LogP contribution is 2.48. The quantitative estimate of drug-likeness (QED) is 0.121. The summed E-state index contributed by atoms with van der Waals surface area (Å²) in [5, 5.41) is 4.77. The van der Waals surface area contributed by atoms with E-state index in [1.165, 1.54) is 12.3 Å². The zero-order valence-corrected chi connectivity index (χ0v) is 25.1. The SMILES string of the molecule is CC(C)OC(N)=O.NC(N)=NCCCNC(=O)c1cn2c3c(c(N4CCCC4)c(F)cc3c1=O)Oc1cc3ccccc3cc1-2. The molecule has 0 radical (unpaired) electrons. The maximum Gasteiger partial charge on any atom is 0.404 e. The van der Waals surface area contributed by atoms with Gasteiger partial charge in [0.15, 0.2) is 23.3 Å². The molecule has 12 nitrogen and oxygen atoms in total. The number of aromatic nitrogens is 1. The fourth-order valence-corrected chi connectivity index (χ4v) is 5.50. The van der Waals surface area contributed by atoms with E-state index in [0.29, 0.717) is 54.4 Å². The van der Waals surface area contributed by atoms with Gasteiger partial charge >= 0.3 is 6.09 Å². The third kappa shape index (κ3) is 6.61. The number of guanidine groups is 1. The van der Waals surface area contributed by atoms with Gasteiger partial charge in [-0.15, -0.1) is 0 Å². The topological polar surface area (TPSA) is 180 Å². The highest BCUT2D eigenvalue weighted by molar-refractivity contribution is 6.02. The number of halogens is 1. The second kappa shape index (κ2) is 13.1. The largest absolute Gasteiger partial charge is 0.451 e. The number of rotatable bonds is 7. The molecule has 1 fully saturated rings. The minimum absolute atomic E-state index is 0.0252. The molecule has 2 aliphatic rings. The summed E-state index contributed by atoms with van der Waals surface area (Å²) < 4.78 is 28.2. The number of ether oxygens (including phenoxy) is 2. The number of anilines is 1. The van der Waals surface area contributed by atoms with E-state index in [4.69, 9.17) is 16.2 Å². The summed E-state index contributed by atoms with van der Waals surface area (Å²) in [6.45, 7) is 5.50. The fourth-order valence-electron chi connectivity index (χ4n) is 5.50. The van der Waals surface area contributed by atoms with Crippen molar-refractivity contribution in [2.45, 2.75) is 39.2 Å². The number of primary amides is 1. The lowest BCUT2D eigenvalue weighted by Gasteiger charge is -2.29. The summed E-state index contributed by atoms with van der Waals surface area (Å²) in [6.07, 6.45) is 3.11. The van der Waals surface area contributed by atoms with Crippen molar-refractivity contribution in [2.24, 2.45) is 22.2 Å². The Bertz CT molecular complexity index is 1860. The second-order valence-electron chi connectivity index (χ2n) is 11.0. The first-order valence-electron chi connectivity index (χ1n) is 14.7. The molecule has 0 saturated carbocycles. The number of nitrogens with two attached hydrogens (primary N) is 3. The molecular weight excluding hydrogens is 581 g/mol. The van der Waals surface area contributed by atoms with Crippen LogP contribution in [0.15, 0.2) is 58.4 Å². The molecule has 6 rings (SSSR count). The molecule has 2 aliphatic heterocycles. The summed E-state index contributed by atoms with van der Waals surface area (Å²) in [4.78, 5) is 42.3. The number of pyridine rings is 1. The van der Waals surface area contributed by atoms with Gasteiger partial charge in [-0.3, -0.25) is 14.6 Å². The van der Waals surface area contributed by atoms with Gasteiger partial charge in [0.1, 0.15) is 16.8 Å². The van der Waals surface area contributed by atoms with Gasteiger partial charge in [0.05, 0.1) is 17.2 Å². The number of benzene rings is 3. The lowest BCUT2D eigenvalue weighted by molar-refractivity contribution is 0.0951. The van der Waals surface area contributed by atoms with Crippen LogP contribution >= 0.6 is 0 Å². The molecule has 0 aliphatic carbocycles. The van der Waals surface area contributed by atoms with Crippen LogP contribution in [0.3, 0.4) is 0 Å². The maximum atomic E-state index is 15.7. The standard InChI is InChI=1S/C28H27FN6O3.C4H9NO2/c29-20-14-18-23-26(24(20)34-10-3-4-11-34)38-22-13-17-7-2-1-6-16(17)12-21(22)35(23)15-19(25(18)36)27(37)32-8-5-9-33-28(30)31;1-3(2)7-4(5)6/h1-2,6-7,12-15H,3-5,8-11H2,(H,32,37)(H4,30,31,33);3H,1-2H3,(H2,5,6). The first-order valence-corrected chi connectivity index (χ1v) is 14.7. The number of hydrogen-bond acceptors (Lipinski definition) is 7. The highest BCUT2D eigenvalue weighted by atomic mass is 19.1. The first-order chi connectivity index (χ1) is 21.5. The Kier molecular flexibility index (Phi) is 9.07. The summed E-state index contributed by atoms with van der Waals surface area (Å²) in [5.74, 6) is -0.300. The molecule has 0 bridgehead atoms. The second-order valence-corrected chi connectivity index (χ2v) is 11.0. The van der Waals surface area contributed by atoms with Crippen LogP contribution < -0.4 is 37.6 Å². The molecule has 3 aromatic carbocycles. The Morgan fingerprint density at radius 1 is 1.09 bits per heavy atom. The average Bonchev–Trinajstić information content (AvgIpc) is 3.51. The minimum Gasteiger partial charge on any atom is -0.451 e. The van der Waals surface area contributed by atoms with E-state index in [1.54, 1.807) is 18.4 Å². The van der Waals surface area contributed by atoms with E-state index >= 15 is 4.39 Å². The number of carbonyl (C=O) groups is 2. The lowest BCUT2D eigenvalue weighted by atomic mass is 10.0. The van der Waals surface area contributed by atoms with Crippen molar-refractivity contribution in [3.8, 4) is 17.2 Å². The van der Waals surface area contributed by atoms with Crippen molar-refractivity contribution in [1.29, 1.82) is 0 Å².